The topological polar surface area (TPSA) is 9.23 Å². The molecule has 0 aromatic heterocycles. The van der Waals surface area contributed by atoms with Gasteiger partial charge in [-0.2, -0.15) is 0 Å². The lowest BCUT2D eigenvalue weighted by Gasteiger charge is -2.22. The van der Waals surface area contributed by atoms with E-state index in [1.54, 1.807) is 0 Å². The van der Waals surface area contributed by atoms with E-state index in [9.17, 15) is 0 Å². The summed E-state index contributed by atoms with van der Waals surface area (Å²) in [4.78, 5) is 0. The fourth-order valence-electron chi connectivity index (χ4n) is 4.49. The maximum Gasteiger partial charge on any atom is 0.206 e. The molecule has 124 valence electrons. The zero-order chi connectivity index (χ0) is 17.4. The van der Waals surface area contributed by atoms with Gasteiger partial charge in [0.25, 0.3) is 0 Å². The van der Waals surface area contributed by atoms with E-state index in [0.717, 1.165) is 0 Å². The van der Waals surface area contributed by atoms with E-state index in [4.69, 9.17) is 4.12 Å². The molecule has 1 heterocycles. The Hall–Kier alpha value is -1.95. The van der Waals surface area contributed by atoms with E-state index in [1.807, 2.05) is 0 Å². The molecular weight excluding hydrogens is 336 g/mol. The second-order valence-corrected chi connectivity index (χ2v) is 16.2. The Morgan fingerprint density at radius 1 is 0.520 bits per heavy atom. The van der Waals surface area contributed by atoms with Crippen LogP contribution in [0.3, 0.4) is 0 Å². The second kappa shape index (κ2) is 4.82. The lowest BCUT2D eigenvalue weighted by Crippen LogP contribution is -2.43. The molecule has 0 saturated heterocycles. The number of hydrogen-bond donors (Lipinski definition) is 0. The van der Waals surface area contributed by atoms with Gasteiger partial charge in [-0.05, 0) is 93.1 Å². The normalized spacial score (nSPS) is 18.1. The third-order valence-corrected chi connectivity index (χ3v) is 13.4. The highest BCUT2D eigenvalue weighted by Gasteiger charge is 2.46. The van der Waals surface area contributed by atoms with Crippen LogP contribution in [0.15, 0.2) is 60.7 Å². The molecule has 0 N–H and O–H groups in total. The Morgan fingerprint density at radius 3 is 1.32 bits per heavy atom. The summed E-state index contributed by atoms with van der Waals surface area (Å²) < 4.78 is 6.62. The van der Waals surface area contributed by atoms with Crippen molar-refractivity contribution in [1.82, 2.24) is 0 Å². The number of fused-ring (bicyclic) bond motifs is 4. The fraction of sp³-hybridized carbons (Fsp3) is 0.182. The van der Waals surface area contributed by atoms with Gasteiger partial charge in [-0.25, -0.2) is 0 Å². The van der Waals surface area contributed by atoms with E-state index in [0.29, 0.717) is 0 Å². The Morgan fingerprint density at radius 2 is 0.880 bits per heavy atom. The van der Waals surface area contributed by atoms with Crippen molar-refractivity contribution >= 4 is 59.3 Å². The van der Waals surface area contributed by atoms with Crippen LogP contribution in [0, 0.1) is 0 Å². The summed E-state index contributed by atoms with van der Waals surface area (Å²) in [6.45, 7) is 9.36. The molecule has 0 aliphatic carbocycles. The molecule has 0 bridgehead atoms. The molecule has 1 nitrogen and oxygen atoms in total. The van der Waals surface area contributed by atoms with Crippen LogP contribution in [0.5, 0.6) is 0 Å². The van der Waals surface area contributed by atoms with Crippen LogP contribution >= 0.6 is 0 Å². The summed E-state index contributed by atoms with van der Waals surface area (Å²) in [5, 5.41) is 11.0. The SMILES string of the molecule is C[Si]1(C)O[Si](C)(C)c2cc3cc4cc5ccccc5cc4cc3cc21. The predicted octanol–water partition coefficient (Wildman–Crippen LogP) is 5.00. The first kappa shape index (κ1) is 15.3. The summed E-state index contributed by atoms with van der Waals surface area (Å²) in [5.74, 6) is 0. The highest BCUT2D eigenvalue weighted by molar-refractivity contribution is 7.06. The van der Waals surface area contributed by atoms with Crippen LogP contribution in [-0.4, -0.2) is 16.6 Å². The van der Waals surface area contributed by atoms with E-state index in [1.165, 1.54) is 42.7 Å². The van der Waals surface area contributed by atoms with Crippen molar-refractivity contribution in [2.75, 3.05) is 0 Å². The zero-order valence-electron chi connectivity index (χ0n) is 15.2. The van der Waals surface area contributed by atoms with Crippen LogP contribution in [0.4, 0.5) is 0 Å². The van der Waals surface area contributed by atoms with Crippen LogP contribution < -0.4 is 10.4 Å². The van der Waals surface area contributed by atoms with Gasteiger partial charge in [0.2, 0.25) is 16.6 Å². The summed E-state index contributed by atoms with van der Waals surface area (Å²) >= 11 is 0. The van der Waals surface area contributed by atoms with Crippen LogP contribution in [0.25, 0.3) is 32.3 Å². The van der Waals surface area contributed by atoms with Crippen LogP contribution in [0.2, 0.25) is 26.2 Å². The van der Waals surface area contributed by atoms with Gasteiger partial charge in [-0.15, -0.1) is 0 Å². The average Bonchev–Trinajstić information content (AvgIpc) is 2.73. The fourth-order valence-corrected chi connectivity index (χ4v) is 14.7. The molecule has 0 atom stereocenters. The second-order valence-electron chi connectivity index (χ2n) is 8.27. The summed E-state index contributed by atoms with van der Waals surface area (Å²) in [6.07, 6.45) is 0. The summed E-state index contributed by atoms with van der Waals surface area (Å²) in [7, 11) is -3.53. The van der Waals surface area contributed by atoms with E-state index >= 15 is 0 Å². The predicted molar refractivity (Wildman–Crippen MR) is 114 cm³/mol. The van der Waals surface area contributed by atoms with E-state index in [-0.39, 0.29) is 0 Å². The highest BCUT2D eigenvalue weighted by Crippen LogP contribution is 2.29. The van der Waals surface area contributed by atoms with Gasteiger partial charge < -0.3 is 4.12 Å². The third-order valence-electron chi connectivity index (χ3n) is 5.60. The molecule has 0 radical (unpaired) electrons. The summed E-state index contributed by atoms with van der Waals surface area (Å²) in [5.41, 5.74) is 0. The first-order chi connectivity index (χ1) is 11.8. The number of hydrogen-bond acceptors (Lipinski definition) is 1. The molecule has 1 aliphatic rings. The molecule has 0 spiro atoms. The molecular formula is C22H22OSi2. The molecule has 25 heavy (non-hydrogen) atoms. The lowest BCUT2D eigenvalue weighted by atomic mass is 10.00. The Kier molecular flexibility index (Phi) is 2.95. The standard InChI is InChI=1S/C22H22OSi2/c1-24(2)21-13-19-11-17-9-15-7-5-6-8-16(15)10-18(17)12-20(19)14-22(21)25(3,4)23-24/h5-14H,1-4H3. The molecule has 0 unspecified atom stereocenters. The summed E-state index contributed by atoms with van der Waals surface area (Å²) in [6, 6.07) is 22.8. The minimum Gasteiger partial charge on any atom is -0.449 e. The van der Waals surface area contributed by atoms with Crippen LogP contribution in [-0.2, 0) is 4.12 Å². The van der Waals surface area contributed by atoms with E-state index in [2.05, 4.69) is 86.9 Å². The molecule has 5 rings (SSSR count). The van der Waals surface area contributed by atoms with Crippen molar-refractivity contribution in [3.05, 3.63) is 60.7 Å². The number of rotatable bonds is 0. The quantitative estimate of drug-likeness (QED) is 0.317. The Balaban J connectivity index is 1.86. The monoisotopic (exact) mass is 358 g/mol. The van der Waals surface area contributed by atoms with Gasteiger partial charge in [0, 0.05) is 0 Å². The number of benzene rings is 4. The van der Waals surface area contributed by atoms with Crippen molar-refractivity contribution in [1.29, 1.82) is 0 Å². The van der Waals surface area contributed by atoms with Gasteiger partial charge in [0.1, 0.15) is 0 Å². The van der Waals surface area contributed by atoms with E-state index < -0.39 is 16.6 Å². The molecule has 3 heteroatoms. The van der Waals surface area contributed by atoms with Crippen molar-refractivity contribution in [2.45, 2.75) is 26.2 Å². The van der Waals surface area contributed by atoms with Crippen molar-refractivity contribution in [3.63, 3.8) is 0 Å². The zero-order valence-corrected chi connectivity index (χ0v) is 17.2. The van der Waals surface area contributed by atoms with Crippen LogP contribution in [0.1, 0.15) is 0 Å². The van der Waals surface area contributed by atoms with Crippen molar-refractivity contribution in [2.24, 2.45) is 0 Å². The average molecular weight is 359 g/mol. The molecule has 0 saturated carbocycles. The minimum atomic E-state index is -1.76. The Labute approximate surface area is 150 Å². The molecule has 0 fully saturated rings. The van der Waals surface area contributed by atoms with Crippen molar-refractivity contribution < 1.29 is 4.12 Å². The maximum atomic E-state index is 6.62. The van der Waals surface area contributed by atoms with Gasteiger partial charge in [0.15, 0.2) is 0 Å². The van der Waals surface area contributed by atoms with Gasteiger partial charge in [0.05, 0.1) is 0 Å². The third kappa shape index (κ3) is 2.23. The lowest BCUT2D eigenvalue weighted by molar-refractivity contribution is 0.583. The smallest absolute Gasteiger partial charge is 0.206 e. The maximum absolute atomic E-state index is 6.62. The van der Waals surface area contributed by atoms with Crippen molar-refractivity contribution in [3.8, 4) is 0 Å². The van der Waals surface area contributed by atoms with Gasteiger partial charge >= 0.3 is 0 Å². The Bertz CT molecular complexity index is 1080. The first-order valence-electron chi connectivity index (χ1n) is 8.95. The van der Waals surface area contributed by atoms with Gasteiger partial charge in [-0.1, -0.05) is 36.4 Å². The molecule has 4 aromatic carbocycles. The molecule has 0 amide bonds. The minimum absolute atomic E-state index is 1.31. The molecule has 1 aliphatic heterocycles. The largest absolute Gasteiger partial charge is 0.449 e. The molecule has 4 aromatic rings. The van der Waals surface area contributed by atoms with Gasteiger partial charge in [-0.3, -0.25) is 0 Å². The highest BCUT2D eigenvalue weighted by atomic mass is 28.4. The first-order valence-corrected chi connectivity index (χ1v) is 14.8.